The molecule has 3 nitrogen and oxygen atoms in total. The van der Waals surface area contributed by atoms with Crippen molar-refractivity contribution in [2.24, 2.45) is 0 Å². The Balaban J connectivity index is 0.00000242. The zero-order valence-corrected chi connectivity index (χ0v) is 18.1. The van der Waals surface area contributed by atoms with Crippen molar-refractivity contribution in [3.8, 4) is 17.6 Å². The van der Waals surface area contributed by atoms with E-state index in [1.165, 1.54) is 0 Å². The maximum Gasteiger partial charge on any atom is 0.235 e. The maximum absolute atomic E-state index is 12.0. The van der Waals surface area contributed by atoms with E-state index in [2.05, 4.69) is 40.5 Å². The van der Waals surface area contributed by atoms with Crippen molar-refractivity contribution in [3.05, 3.63) is 34.9 Å². The third-order valence-corrected chi connectivity index (χ3v) is 4.35. The van der Waals surface area contributed by atoms with E-state index in [1.54, 1.807) is 24.9 Å². The summed E-state index contributed by atoms with van der Waals surface area (Å²) in [6, 6.07) is 5.40. The van der Waals surface area contributed by atoms with Crippen molar-refractivity contribution in [1.29, 1.82) is 0 Å². The number of halogens is 2. The molecule has 0 aliphatic carbocycles. The van der Waals surface area contributed by atoms with Crippen LogP contribution in [0.2, 0.25) is 5.02 Å². The summed E-state index contributed by atoms with van der Waals surface area (Å²) in [4.78, 5) is 13.6. The van der Waals surface area contributed by atoms with Gasteiger partial charge in [-0.2, -0.15) is 0 Å². The fourth-order valence-electron chi connectivity index (χ4n) is 1.96. The topological polar surface area (TPSA) is 29.5 Å². The SMILES string of the molecule is CC#CCOc1ccc(C2=[C-]CC(I)C(=O)N2C)c(Cl)c1.[Y]. The van der Waals surface area contributed by atoms with Crippen LogP contribution in [0.15, 0.2) is 18.2 Å². The fraction of sp³-hybridized carbons (Fsp3) is 0.312. The number of benzene rings is 1. The van der Waals surface area contributed by atoms with Gasteiger partial charge in [0, 0.05) is 39.8 Å². The molecule has 2 rings (SSSR count). The van der Waals surface area contributed by atoms with Crippen molar-refractivity contribution in [1.82, 2.24) is 4.90 Å². The molecule has 0 spiro atoms. The summed E-state index contributed by atoms with van der Waals surface area (Å²) in [7, 11) is 1.74. The number of carbonyl (C=O) groups is 1. The number of ether oxygens (including phenoxy) is 1. The Kier molecular flexibility index (Phi) is 8.41. The molecule has 1 heterocycles. The Bertz CT molecular complexity index is 651. The first-order valence-electron chi connectivity index (χ1n) is 6.39. The Labute approximate surface area is 174 Å². The number of allylic oxidation sites excluding steroid dienone is 1. The second-order valence-electron chi connectivity index (χ2n) is 4.45. The Morgan fingerprint density at radius 1 is 1.55 bits per heavy atom. The molecule has 0 aromatic heterocycles. The first-order valence-corrected chi connectivity index (χ1v) is 8.01. The van der Waals surface area contributed by atoms with Crippen LogP contribution in [0.4, 0.5) is 0 Å². The molecular weight excluding hydrogens is 489 g/mol. The molecule has 113 valence electrons. The van der Waals surface area contributed by atoms with Crippen molar-refractivity contribution in [2.45, 2.75) is 17.3 Å². The summed E-state index contributed by atoms with van der Waals surface area (Å²) < 4.78 is 5.40. The van der Waals surface area contributed by atoms with E-state index >= 15 is 0 Å². The van der Waals surface area contributed by atoms with Crippen molar-refractivity contribution < 1.29 is 42.2 Å². The van der Waals surface area contributed by atoms with Gasteiger partial charge in [-0.25, -0.2) is 6.08 Å². The molecule has 1 aromatic rings. The van der Waals surface area contributed by atoms with Crippen LogP contribution in [0.1, 0.15) is 18.9 Å². The summed E-state index contributed by atoms with van der Waals surface area (Å²) in [6.07, 6.45) is 3.84. The van der Waals surface area contributed by atoms with Crippen LogP contribution in [0.3, 0.4) is 0 Å². The Morgan fingerprint density at radius 2 is 2.27 bits per heavy atom. The predicted molar refractivity (Wildman–Crippen MR) is 92.2 cm³/mol. The minimum Gasteiger partial charge on any atom is -0.481 e. The molecule has 1 aliphatic heterocycles. The zero-order valence-electron chi connectivity index (χ0n) is 12.3. The van der Waals surface area contributed by atoms with Crippen LogP contribution in [0.25, 0.3) is 5.70 Å². The molecule has 1 unspecified atom stereocenters. The normalized spacial score (nSPS) is 17.1. The van der Waals surface area contributed by atoms with Crippen molar-refractivity contribution >= 4 is 45.8 Å². The quantitative estimate of drug-likeness (QED) is 0.273. The van der Waals surface area contributed by atoms with Gasteiger partial charge in [-0.1, -0.05) is 34.9 Å². The minimum atomic E-state index is -0.0645. The molecule has 1 aromatic carbocycles. The number of amides is 1. The molecule has 0 saturated heterocycles. The van der Waals surface area contributed by atoms with E-state index in [0.29, 0.717) is 23.8 Å². The summed E-state index contributed by atoms with van der Waals surface area (Å²) in [5, 5.41) is 0.533. The first kappa shape index (κ1) is 20.0. The van der Waals surface area contributed by atoms with E-state index in [9.17, 15) is 4.79 Å². The van der Waals surface area contributed by atoms with Crippen LogP contribution < -0.4 is 4.74 Å². The molecule has 0 N–H and O–H groups in total. The monoisotopic (exact) mass is 503 g/mol. The van der Waals surface area contributed by atoms with Gasteiger partial charge < -0.3 is 9.64 Å². The maximum atomic E-state index is 12.0. The molecule has 0 bridgehead atoms. The fourth-order valence-corrected chi connectivity index (χ4v) is 2.86. The molecule has 1 aliphatic rings. The standard InChI is InChI=1S/C16H14ClINO2.Y/c1-3-4-9-21-11-5-6-12(13(17)10-11)15-8-7-14(18)16(20)19(15)2;/h5-6,10,14H,7,9H2,1-2H3;/q-1;. The number of hydrogen-bond acceptors (Lipinski definition) is 2. The second-order valence-corrected chi connectivity index (χ2v) is 6.36. The summed E-state index contributed by atoms with van der Waals surface area (Å²) in [6.45, 7) is 2.09. The average Bonchev–Trinajstić information content (AvgIpc) is 2.46. The van der Waals surface area contributed by atoms with E-state index in [1.807, 2.05) is 12.1 Å². The number of alkyl halides is 1. The largest absolute Gasteiger partial charge is 0.481 e. The van der Waals surface area contributed by atoms with Crippen molar-refractivity contribution in [3.63, 3.8) is 0 Å². The van der Waals surface area contributed by atoms with E-state index in [-0.39, 0.29) is 42.5 Å². The molecule has 1 radical (unpaired) electrons. The van der Waals surface area contributed by atoms with Crippen LogP contribution in [-0.4, -0.2) is 28.4 Å². The third kappa shape index (κ3) is 4.70. The van der Waals surface area contributed by atoms with Gasteiger partial charge in [0.2, 0.25) is 5.91 Å². The molecule has 22 heavy (non-hydrogen) atoms. The zero-order chi connectivity index (χ0) is 15.4. The number of hydrogen-bond donors (Lipinski definition) is 0. The van der Waals surface area contributed by atoms with Gasteiger partial charge in [0.05, 0.1) is 3.92 Å². The molecule has 1 atom stereocenters. The minimum absolute atomic E-state index is 0. The average molecular weight is 504 g/mol. The van der Waals surface area contributed by atoms with E-state index in [0.717, 1.165) is 11.3 Å². The van der Waals surface area contributed by atoms with Gasteiger partial charge in [0.25, 0.3) is 0 Å². The van der Waals surface area contributed by atoms with Crippen LogP contribution in [0, 0.1) is 17.9 Å². The number of nitrogens with zero attached hydrogens (tertiary/aromatic N) is 1. The smallest absolute Gasteiger partial charge is 0.235 e. The predicted octanol–water partition coefficient (Wildman–Crippen LogP) is 3.55. The molecule has 0 saturated carbocycles. The summed E-state index contributed by atoms with van der Waals surface area (Å²) >= 11 is 8.44. The molecule has 1 amide bonds. The molecule has 0 fully saturated rings. The Morgan fingerprint density at radius 3 is 2.91 bits per heavy atom. The van der Waals surface area contributed by atoms with Crippen LogP contribution >= 0.6 is 34.2 Å². The number of rotatable bonds is 3. The van der Waals surface area contributed by atoms with Gasteiger partial charge >= 0.3 is 0 Å². The summed E-state index contributed by atoms with van der Waals surface area (Å²) in [5.74, 6) is 6.31. The summed E-state index contributed by atoms with van der Waals surface area (Å²) in [5.41, 5.74) is 1.50. The van der Waals surface area contributed by atoms with E-state index in [4.69, 9.17) is 16.3 Å². The van der Waals surface area contributed by atoms with Gasteiger partial charge in [-0.15, -0.1) is 34.8 Å². The Hall–Kier alpha value is -0.0861. The first-order chi connectivity index (χ1) is 10.0. The third-order valence-electron chi connectivity index (χ3n) is 3.07. The van der Waals surface area contributed by atoms with Gasteiger partial charge in [0.1, 0.15) is 12.4 Å². The molecular formula is C16H14ClINO2Y-. The molecule has 6 heteroatoms. The van der Waals surface area contributed by atoms with E-state index < -0.39 is 0 Å². The van der Waals surface area contributed by atoms with Gasteiger partial charge in [-0.3, -0.25) is 4.79 Å². The van der Waals surface area contributed by atoms with Crippen LogP contribution in [0.5, 0.6) is 5.75 Å². The van der Waals surface area contributed by atoms with Crippen molar-refractivity contribution in [2.75, 3.05) is 13.7 Å². The second kappa shape index (κ2) is 9.27. The van der Waals surface area contributed by atoms with Crippen LogP contribution in [-0.2, 0) is 37.5 Å². The van der Waals surface area contributed by atoms with Gasteiger partial charge in [-0.05, 0) is 24.1 Å². The number of carbonyl (C=O) groups excluding carboxylic acids is 1. The van der Waals surface area contributed by atoms with Gasteiger partial charge in [0.15, 0.2) is 0 Å².